The standard InChI is InChI=1S/C15H22ClNO3/c1-11(9-15(2,3)20-4)17(10-14(18)19)13-7-5-6-12(16)8-13/h5-8,11H,9-10H2,1-4H3,(H,18,19). The van der Waals surface area contributed by atoms with Crippen LogP contribution in [0.1, 0.15) is 27.2 Å². The van der Waals surface area contributed by atoms with Crippen LogP contribution in [-0.4, -0.2) is 36.4 Å². The summed E-state index contributed by atoms with van der Waals surface area (Å²) < 4.78 is 5.42. The van der Waals surface area contributed by atoms with Gasteiger partial charge in [-0.1, -0.05) is 17.7 Å². The van der Waals surface area contributed by atoms with E-state index in [2.05, 4.69) is 0 Å². The van der Waals surface area contributed by atoms with Crippen molar-refractivity contribution in [3.63, 3.8) is 0 Å². The zero-order valence-corrected chi connectivity index (χ0v) is 13.1. The molecule has 0 heterocycles. The number of anilines is 1. The van der Waals surface area contributed by atoms with Gasteiger partial charge < -0.3 is 14.7 Å². The van der Waals surface area contributed by atoms with Crippen molar-refractivity contribution in [3.8, 4) is 0 Å². The minimum Gasteiger partial charge on any atom is -0.480 e. The summed E-state index contributed by atoms with van der Waals surface area (Å²) in [5, 5.41) is 9.71. The molecule has 1 aromatic rings. The molecule has 0 aromatic heterocycles. The van der Waals surface area contributed by atoms with Gasteiger partial charge in [0.15, 0.2) is 0 Å². The Kier molecular flexibility index (Phi) is 5.84. The Bertz CT molecular complexity index is 462. The van der Waals surface area contributed by atoms with Crippen molar-refractivity contribution in [3.05, 3.63) is 29.3 Å². The molecule has 5 heteroatoms. The van der Waals surface area contributed by atoms with Crippen molar-refractivity contribution in [1.82, 2.24) is 0 Å². The second kappa shape index (κ2) is 6.95. The average molecular weight is 300 g/mol. The Morgan fingerprint density at radius 2 is 2.15 bits per heavy atom. The van der Waals surface area contributed by atoms with Crippen LogP contribution in [0.2, 0.25) is 5.02 Å². The van der Waals surface area contributed by atoms with Crippen LogP contribution in [-0.2, 0) is 9.53 Å². The Labute approximate surface area is 125 Å². The van der Waals surface area contributed by atoms with Gasteiger partial charge in [0, 0.05) is 23.9 Å². The van der Waals surface area contributed by atoms with Gasteiger partial charge in [0.05, 0.1) is 5.60 Å². The first-order chi connectivity index (χ1) is 9.25. The number of carbonyl (C=O) groups is 1. The molecule has 112 valence electrons. The number of hydrogen-bond donors (Lipinski definition) is 1. The molecule has 1 aromatic carbocycles. The Morgan fingerprint density at radius 1 is 1.50 bits per heavy atom. The molecule has 1 N–H and O–H groups in total. The Hall–Kier alpha value is -1.26. The third-order valence-corrected chi connectivity index (χ3v) is 3.55. The molecule has 0 aliphatic rings. The van der Waals surface area contributed by atoms with Crippen LogP contribution in [0.25, 0.3) is 0 Å². The quantitative estimate of drug-likeness (QED) is 0.838. The highest BCUT2D eigenvalue weighted by Gasteiger charge is 2.25. The number of halogens is 1. The molecule has 0 bridgehead atoms. The van der Waals surface area contributed by atoms with E-state index in [4.69, 9.17) is 21.4 Å². The Morgan fingerprint density at radius 3 is 2.65 bits per heavy atom. The van der Waals surface area contributed by atoms with E-state index in [0.717, 1.165) is 5.69 Å². The summed E-state index contributed by atoms with van der Waals surface area (Å²) >= 11 is 5.99. The third-order valence-electron chi connectivity index (χ3n) is 3.32. The van der Waals surface area contributed by atoms with Crippen molar-refractivity contribution in [1.29, 1.82) is 0 Å². The summed E-state index contributed by atoms with van der Waals surface area (Å²) in [5.74, 6) is -0.868. The van der Waals surface area contributed by atoms with Crippen molar-refractivity contribution < 1.29 is 14.6 Å². The number of methoxy groups -OCH3 is 1. The third kappa shape index (κ3) is 5.02. The largest absolute Gasteiger partial charge is 0.480 e. The molecule has 0 aliphatic carbocycles. The van der Waals surface area contributed by atoms with Gasteiger partial charge in [-0.2, -0.15) is 0 Å². The summed E-state index contributed by atoms with van der Waals surface area (Å²) in [6.07, 6.45) is 0.712. The molecule has 0 amide bonds. The van der Waals surface area contributed by atoms with E-state index in [-0.39, 0.29) is 18.2 Å². The van der Waals surface area contributed by atoms with Crippen molar-refractivity contribution in [2.75, 3.05) is 18.6 Å². The molecule has 0 fully saturated rings. The lowest BCUT2D eigenvalue weighted by molar-refractivity contribution is -0.135. The minimum absolute atomic E-state index is 0.0134. The van der Waals surface area contributed by atoms with Gasteiger partial charge in [0.1, 0.15) is 6.54 Å². The fraction of sp³-hybridized carbons (Fsp3) is 0.533. The van der Waals surface area contributed by atoms with E-state index in [1.165, 1.54) is 0 Å². The van der Waals surface area contributed by atoms with E-state index >= 15 is 0 Å². The first kappa shape index (κ1) is 16.8. The van der Waals surface area contributed by atoms with Crippen LogP contribution < -0.4 is 4.90 Å². The molecule has 1 atom stereocenters. The fourth-order valence-corrected chi connectivity index (χ4v) is 2.39. The van der Waals surface area contributed by atoms with Crippen molar-refractivity contribution >= 4 is 23.3 Å². The van der Waals surface area contributed by atoms with Crippen LogP contribution in [0.3, 0.4) is 0 Å². The van der Waals surface area contributed by atoms with Crippen LogP contribution in [0, 0.1) is 0 Å². The zero-order chi connectivity index (χ0) is 15.3. The van der Waals surface area contributed by atoms with Gasteiger partial charge in [-0.15, -0.1) is 0 Å². The molecular formula is C15H22ClNO3. The lowest BCUT2D eigenvalue weighted by Crippen LogP contribution is -2.42. The molecule has 4 nitrogen and oxygen atoms in total. The molecule has 0 saturated heterocycles. The van der Waals surface area contributed by atoms with Gasteiger partial charge in [0.2, 0.25) is 0 Å². The molecule has 20 heavy (non-hydrogen) atoms. The lowest BCUT2D eigenvalue weighted by Gasteiger charge is -2.35. The second-order valence-electron chi connectivity index (χ2n) is 5.52. The normalized spacial score (nSPS) is 13.1. The van der Waals surface area contributed by atoms with E-state index in [1.807, 2.05) is 37.8 Å². The molecular weight excluding hydrogens is 278 g/mol. The SMILES string of the molecule is COC(C)(C)CC(C)N(CC(=O)O)c1cccc(Cl)c1. The van der Waals surface area contributed by atoms with Gasteiger partial charge >= 0.3 is 5.97 Å². The molecule has 1 unspecified atom stereocenters. The van der Waals surface area contributed by atoms with Crippen molar-refractivity contribution in [2.24, 2.45) is 0 Å². The number of carboxylic acids is 1. The lowest BCUT2D eigenvalue weighted by atomic mass is 9.98. The van der Waals surface area contributed by atoms with Gasteiger partial charge in [-0.3, -0.25) is 4.79 Å². The fourth-order valence-electron chi connectivity index (χ4n) is 2.21. The number of ether oxygens (including phenoxy) is 1. The highest BCUT2D eigenvalue weighted by atomic mass is 35.5. The summed E-state index contributed by atoms with van der Waals surface area (Å²) in [6.45, 7) is 5.90. The second-order valence-corrected chi connectivity index (χ2v) is 5.95. The maximum Gasteiger partial charge on any atom is 0.323 e. The topological polar surface area (TPSA) is 49.8 Å². The van der Waals surface area contributed by atoms with E-state index in [0.29, 0.717) is 11.4 Å². The molecule has 0 saturated carbocycles. The van der Waals surface area contributed by atoms with Crippen LogP contribution >= 0.6 is 11.6 Å². The van der Waals surface area contributed by atoms with E-state index in [9.17, 15) is 4.79 Å². The maximum atomic E-state index is 11.1. The number of hydrogen-bond acceptors (Lipinski definition) is 3. The van der Waals surface area contributed by atoms with Crippen LogP contribution in [0.4, 0.5) is 5.69 Å². The zero-order valence-electron chi connectivity index (χ0n) is 12.4. The highest BCUT2D eigenvalue weighted by molar-refractivity contribution is 6.30. The predicted molar refractivity (Wildman–Crippen MR) is 81.6 cm³/mol. The smallest absolute Gasteiger partial charge is 0.323 e. The summed E-state index contributed by atoms with van der Waals surface area (Å²) in [6, 6.07) is 7.25. The molecule has 1 rings (SSSR count). The van der Waals surface area contributed by atoms with E-state index < -0.39 is 5.97 Å². The monoisotopic (exact) mass is 299 g/mol. The molecule has 0 radical (unpaired) electrons. The molecule has 0 spiro atoms. The molecule has 0 aliphatic heterocycles. The van der Waals surface area contributed by atoms with E-state index in [1.54, 1.807) is 19.2 Å². The predicted octanol–water partition coefficient (Wildman–Crippen LogP) is 3.43. The van der Waals surface area contributed by atoms with Crippen molar-refractivity contribution in [2.45, 2.75) is 38.8 Å². The summed E-state index contributed by atoms with van der Waals surface area (Å²) in [5.41, 5.74) is 0.494. The number of aliphatic carboxylic acids is 1. The number of benzene rings is 1. The van der Waals surface area contributed by atoms with Crippen LogP contribution in [0.15, 0.2) is 24.3 Å². The summed E-state index contributed by atoms with van der Waals surface area (Å²) in [4.78, 5) is 12.9. The number of rotatable bonds is 7. The van der Waals surface area contributed by atoms with Gasteiger partial charge in [-0.25, -0.2) is 0 Å². The first-order valence-corrected chi connectivity index (χ1v) is 6.92. The number of nitrogens with zero attached hydrogens (tertiary/aromatic N) is 1. The average Bonchev–Trinajstić information content (AvgIpc) is 2.35. The Balaban J connectivity index is 2.97. The van der Waals surface area contributed by atoms with Gasteiger partial charge in [0.25, 0.3) is 0 Å². The first-order valence-electron chi connectivity index (χ1n) is 6.54. The summed E-state index contributed by atoms with van der Waals surface area (Å²) in [7, 11) is 1.66. The highest BCUT2D eigenvalue weighted by Crippen LogP contribution is 2.25. The van der Waals surface area contributed by atoms with Gasteiger partial charge in [-0.05, 0) is 45.4 Å². The number of carboxylic acid groups (broad SMARTS) is 1. The maximum absolute atomic E-state index is 11.1. The van der Waals surface area contributed by atoms with Crippen LogP contribution in [0.5, 0.6) is 0 Å². The minimum atomic E-state index is -0.868.